The molecule has 0 aliphatic rings. The number of carbonyl (C=O) groups is 1. The molecule has 0 saturated heterocycles. The molecule has 0 amide bonds. The summed E-state index contributed by atoms with van der Waals surface area (Å²) in [7, 11) is 0. The Morgan fingerprint density at radius 2 is 2.00 bits per heavy atom. The van der Waals surface area contributed by atoms with Crippen LogP contribution in [-0.2, 0) is 9.47 Å². The second-order valence-corrected chi connectivity index (χ2v) is 2.80. The van der Waals surface area contributed by atoms with Crippen molar-refractivity contribution in [2.75, 3.05) is 13.2 Å². The minimum absolute atomic E-state index is 0.365. The van der Waals surface area contributed by atoms with E-state index < -0.39 is 6.16 Å². The van der Waals surface area contributed by atoms with E-state index in [1.54, 1.807) is 0 Å². The van der Waals surface area contributed by atoms with Gasteiger partial charge in [0.2, 0.25) is 0 Å². The van der Waals surface area contributed by atoms with Crippen LogP contribution in [0, 0.1) is 5.92 Å². The number of hydrogen-bond donors (Lipinski definition) is 0. The van der Waals surface area contributed by atoms with Crippen molar-refractivity contribution in [3.05, 3.63) is 0 Å². The van der Waals surface area contributed by atoms with Crippen molar-refractivity contribution >= 4 is 6.16 Å². The number of ether oxygens (including phenoxy) is 2. The summed E-state index contributed by atoms with van der Waals surface area (Å²) >= 11 is 0. The molecule has 11 heavy (non-hydrogen) atoms. The van der Waals surface area contributed by atoms with Crippen LogP contribution in [0.5, 0.6) is 0 Å². The van der Waals surface area contributed by atoms with Gasteiger partial charge in [0, 0.05) is 0 Å². The van der Waals surface area contributed by atoms with Crippen molar-refractivity contribution in [1.82, 2.24) is 0 Å². The van der Waals surface area contributed by atoms with Crippen LogP contribution in [0.25, 0.3) is 0 Å². The van der Waals surface area contributed by atoms with Crippen molar-refractivity contribution in [3.63, 3.8) is 0 Å². The van der Waals surface area contributed by atoms with Crippen LogP contribution in [0.15, 0.2) is 0 Å². The molecule has 0 spiro atoms. The molecule has 0 bridgehead atoms. The molecule has 0 fully saturated rings. The summed E-state index contributed by atoms with van der Waals surface area (Å²) in [5.74, 6) is 0.365. The van der Waals surface area contributed by atoms with E-state index in [2.05, 4.69) is 4.74 Å². The SMILES string of the molecule is CCCOC(=O)OCC(C)C. The molecule has 0 aromatic heterocycles. The second kappa shape index (κ2) is 6.01. The summed E-state index contributed by atoms with van der Waals surface area (Å²) in [6.45, 7) is 6.77. The summed E-state index contributed by atoms with van der Waals surface area (Å²) < 4.78 is 9.42. The van der Waals surface area contributed by atoms with Gasteiger partial charge in [-0.05, 0) is 12.3 Å². The van der Waals surface area contributed by atoms with Crippen LogP contribution in [0.2, 0.25) is 0 Å². The minimum atomic E-state index is -0.555. The average molecular weight is 160 g/mol. The fourth-order valence-corrected chi connectivity index (χ4v) is 0.462. The van der Waals surface area contributed by atoms with E-state index in [1.165, 1.54) is 0 Å². The number of rotatable bonds is 4. The maximum Gasteiger partial charge on any atom is 0.508 e. The highest BCUT2D eigenvalue weighted by Gasteiger charge is 2.03. The highest BCUT2D eigenvalue weighted by atomic mass is 16.7. The van der Waals surface area contributed by atoms with Crippen molar-refractivity contribution in [1.29, 1.82) is 0 Å². The van der Waals surface area contributed by atoms with Crippen LogP contribution in [0.4, 0.5) is 4.79 Å². The summed E-state index contributed by atoms with van der Waals surface area (Å²) in [5, 5.41) is 0. The maximum absolute atomic E-state index is 10.7. The van der Waals surface area contributed by atoms with Gasteiger partial charge in [-0.25, -0.2) is 4.79 Å². The van der Waals surface area contributed by atoms with Gasteiger partial charge in [-0.1, -0.05) is 20.8 Å². The Hall–Kier alpha value is -0.730. The molecule has 0 heterocycles. The number of carbonyl (C=O) groups excluding carboxylic acids is 1. The zero-order valence-electron chi connectivity index (χ0n) is 7.42. The van der Waals surface area contributed by atoms with Gasteiger partial charge < -0.3 is 9.47 Å². The smallest absolute Gasteiger partial charge is 0.434 e. The molecule has 0 aromatic rings. The second-order valence-electron chi connectivity index (χ2n) is 2.80. The summed E-state index contributed by atoms with van der Waals surface area (Å²) in [6, 6.07) is 0. The van der Waals surface area contributed by atoms with E-state index in [9.17, 15) is 4.79 Å². The fourth-order valence-electron chi connectivity index (χ4n) is 0.462. The molecule has 0 N–H and O–H groups in total. The highest BCUT2D eigenvalue weighted by Crippen LogP contribution is 1.94. The lowest BCUT2D eigenvalue weighted by Gasteiger charge is -2.06. The molecular weight excluding hydrogens is 144 g/mol. The average Bonchev–Trinajstić information content (AvgIpc) is 1.97. The first-order chi connectivity index (χ1) is 5.16. The Labute approximate surface area is 67.7 Å². The lowest BCUT2D eigenvalue weighted by Crippen LogP contribution is -2.11. The third-order valence-corrected chi connectivity index (χ3v) is 0.959. The van der Waals surface area contributed by atoms with Crippen molar-refractivity contribution < 1.29 is 14.3 Å². The van der Waals surface area contributed by atoms with E-state index >= 15 is 0 Å². The quantitative estimate of drug-likeness (QED) is 0.591. The zero-order valence-corrected chi connectivity index (χ0v) is 7.42. The molecule has 0 atom stereocenters. The van der Waals surface area contributed by atoms with Gasteiger partial charge in [0.25, 0.3) is 0 Å². The van der Waals surface area contributed by atoms with E-state index in [0.29, 0.717) is 19.1 Å². The number of hydrogen-bond acceptors (Lipinski definition) is 3. The molecule has 3 nitrogen and oxygen atoms in total. The van der Waals surface area contributed by atoms with Crippen molar-refractivity contribution in [3.8, 4) is 0 Å². The molecule has 3 heteroatoms. The monoisotopic (exact) mass is 160 g/mol. The normalized spacial score (nSPS) is 9.82. The van der Waals surface area contributed by atoms with E-state index in [0.717, 1.165) is 6.42 Å². The third-order valence-electron chi connectivity index (χ3n) is 0.959. The van der Waals surface area contributed by atoms with Gasteiger partial charge in [-0.3, -0.25) is 0 Å². The lowest BCUT2D eigenvalue weighted by molar-refractivity contribution is 0.0477. The topological polar surface area (TPSA) is 35.5 Å². The van der Waals surface area contributed by atoms with Crippen LogP contribution in [-0.4, -0.2) is 19.4 Å². The van der Waals surface area contributed by atoms with E-state index in [1.807, 2.05) is 20.8 Å². The summed E-state index contributed by atoms with van der Waals surface area (Å²) in [5.41, 5.74) is 0. The Morgan fingerprint density at radius 3 is 2.45 bits per heavy atom. The van der Waals surface area contributed by atoms with E-state index in [-0.39, 0.29) is 0 Å². The molecule has 0 aliphatic carbocycles. The minimum Gasteiger partial charge on any atom is -0.434 e. The largest absolute Gasteiger partial charge is 0.508 e. The van der Waals surface area contributed by atoms with Gasteiger partial charge >= 0.3 is 6.16 Å². The Bertz CT molecular complexity index is 110. The van der Waals surface area contributed by atoms with E-state index in [4.69, 9.17) is 4.74 Å². The van der Waals surface area contributed by atoms with Crippen molar-refractivity contribution in [2.45, 2.75) is 27.2 Å². The Morgan fingerprint density at radius 1 is 1.36 bits per heavy atom. The van der Waals surface area contributed by atoms with Crippen LogP contribution in [0.1, 0.15) is 27.2 Å². The molecular formula is C8H16O3. The predicted molar refractivity (Wildman–Crippen MR) is 42.4 cm³/mol. The molecule has 0 aliphatic heterocycles. The zero-order chi connectivity index (χ0) is 8.69. The third kappa shape index (κ3) is 7.16. The molecule has 0 rings (SSSR count). The fraction of sp³-hybridized carbons (Fsp3) is 0.875. The first-order valence-electron chi connectivity index (χ1n) is 3.96. The van der Waals surface area contributed by atoms with Gasteiger partial charge in [0.1, 0.15) is 0 Å². The van der Waals surface area contributed by atoms with Crippen LogP contribution < -0.4 is 0 Å². The molecule has 66 valence electrons. The first kappa shape index (κ1) is 10.3. The van der Waals surface area contributed by atoms with Crippen LogP contribution >= 0.6 is 0 Å². The standard InChI is InChI=1S/C8H16O3/c1-4-5-10-8(9)11-6-7(2)3/h7H,4-6H2,1-3H3. The predicted octanol–water partition coefficient (Wildman–Crippen LogP) is 2.21. The summed E-state index contributed by atoms with van der Waals surface area (Å²) in [6.07, 6.45) is 0.275. The van der Waals surface area contributed by atoms with Gasteiger partial charge in [0.05, 0.1) is 13.2 Å². The maximum atomic E-state index is 10.7. The van der Waals surface area contributed by atoms with Crippen molar-refractivity contribution in [2.24, 2.45) is 5.92 Å². The summed E-state index contributed by atoms with van der Waals surface area (Å²) in [4.78, 5) is 10.7. The van der Waals surface area contributed by atoms with Crippen LogP contribution in [0.3, 0.4) is 0 Å². The van der Waals surface area contributed by atoms with Gasteiger partial charge in [-0.2, -0.15) is 0 Å². The van der Waals surface area contributed by atoms with Gasteiger partial charge in [-0.15, -0.1) is 0 Å². The Balaban J connectivity index is 3.23. The molecule has 0 saturated carbocycles. The molecule has 0 unspecified atom stereocenters. The first-order valence-corrected chi connectivity index (χ1v) is 3.96. The highest BCUT2D eigenvalue weighted by molar-refractivity contribution is 5.59. The molecule has 0 radical (unpaired) electrons. The Kier molecular flexibility index (Phi) is 5.61. The van der Waals surface area contributed by atoms with Gasteiger partial charge in [0.15, 0.2) is 0 Å². The molecule has 0 aromatic carbocycles. The lowest BCUT2D eigenvalue weighted by atomic mass is 10.2.